The quantitative estimate of drug-likeness (QED) is 0.931. The van der Waals surface area contributed by atoms with E-state index in [2.05, 4.69) is 21.2 Å². The highest BCUT2D eigenvalue weighted by atomic mass is 79.9. The summed E-state index contributed by atoms with van der Waals surface area (Å²) in [7, 11) is 0. The third kappa shape index (κ3) is 3.07. The molecule has 1 saturated heterocycles. The number of halogens is 1. The van der Waals surface area contributed by atoms with Crippen molar-refractivity contribution in [2.45, 2.75) is 19.4 Å². The van der Waals surface area contributed by atoms with Crippen LogP contribution in [0.2, 0.25) is 0 Å². The van der Waals surface area contributed by atoms with Crippen LogP contribution >= 0.6 is 15.9 Å². The molecule has 1 aromatic rings. The van der Waals surface area contributed by atoms with Crippen molar-refractivity contribution in [3.05, 3.63) is 34.3 Å². The zero-order valence-corrected chi connectivity index (χ0v) is 11.4. The zero-order valence-electron chi connectivity index (χ0n) is 9.78. The smallest absolute Gasteiger partial charge is 0.252 e. The lowest BCUT2D eigenvalue weighted by Gasteiger charge is -2.19. The third-order valence-corrected chi connectivity index (χ3v) is 3.84. The van der Waals surface area contributed by atoms with Gasteiger partial charge in [0.2, 0.25) is 0 Å². The minimum atomic E-state index is -0.0307. The number of nitrogens with one attached hydrogen (secondary N) is 1. The van der Waals surface area contributed by atoms with Gasteiger partial charge in [-0.25, -0.2) is 0 Å². The second kappa shape index (κ2) is 5.65. The van der Waals surface area contributed by atoms with Crippen LogP contribution in [0.1, 0.15) is 23.7 Å². The van der Waals surface area contributed by atoms with Crippen molar-refractivity contribution in [2.24, 2.45) is 5.92 Å². The monoisotopic (exact) mass is 297 g/mol. The Bertz CT molecular complexity index is 402. The van der Waals surface area contributed by atoms with Gasteiger partial charge in [-0.3, -0.25) is 4.79 Å². The minimum Gasteiger partial charge on any atom is -0.381 e. The standard InChI is InChI=1S/C13H16BrNO2/c1-9(10-6-7-17-8-10)15-13(16)11-4-2-3-5-12(11)14/h2-5,9-10H,6-8H2,1H3,(H,15,16). The van der Waals surface area contributed by atoms with E-state index >= 15 is 0 Å². The van der Waals surface area contributed by atoms with Gasteiger partial charge in [0.15, 0.2) is 0 Å². The molecular formula is C13H16BrNO2. The number of hydrogen-bond acceptors (Lipinski definition) is 2. The fourth-order valence-electron chi connectivity index (χ4n) is 1.99. The molecule has 0 bridgehead atoms. The van der Waals surface area contributed by atoms with Crippen molar-refractivity contribution < 1.29 is 9.53 Å². The lowest BCUT2D eigenvalue weighted by molar-refractivity contribution is 0.0921. The van der Waals surface area contributed by atoms with E-state index in [-0.39, 0.29) is 11.9 Å². The summed E-state index contributed by atoms with van der Waals surface area (Å²) < 4.78 is 6.15. The molecule has 0 aliphatic carbocycles. The van der Waals surface area contributed by atoms with Gasteiger partial charge >= 0.3 is 0 Å². The average molecular weight is 298 g/mol. The highest BCUT2D eigenvalue weighted by Gasteiger charge is 2.24. The van der Waals surface area contributed by atoms with Gasteiger partial charge in [0, 0.05) is 23.0 Å². The van der Waals surface area contributed by atoms with Crippen LogP contribution in [0.3, 0.4) is 0 Å². The Labute approximate surface area is 110 Å². The predicted octanol–water partition coefficient (Wildman–Crippen LogP) is 2.60. The summed E-state index contributed by atoms with van der Waals surface area (Å²) in [4.78, 5) is 12.1. The molecule has 0 spiro atoms. The van der Waals surface area contributed by atoms with Crippen LogP contribution < -0.4 is 5.32 Å². The summed E-state index contributed by atoms with van der Waals surface area (Å²) in [6, 6.07) is 7.60. The van der Waals surface area contributed by atoms with Gasteiger partial charge in [-0.2, -0.15) is 0 Å². The Kier molecular flexibility index (Phi) is 4.18. The van der Waals surface area contributed by atoms with E-state index in [1.54, 1.807) is 0 Å². The maximum Gasteiger partial charge on any atom is 0.252 e. The van der Waals surface area contributed by atoms with Crippen molar-refractivity contribution in [1.82, 2.24) is 5.32 Å². The van der Waals surface area contributed by atoms with E-state index < -0.39 is 0 Å². The lowest BCUT2D eigenvalue weighted by atomic mass is 10.0. The van der Waals surface area contributed by atoms with Gasteiger partial charge in [-0.1, -0.05) is 12.1 Å². The van der Waals surface area contributed by atoms with E-state index in [4.69, 9.17) is 4.74 Å². The van der Waals surface area contributed by atoms with Gasteiger partial charge in [0.1, 0.15) is 0 Å². The van der Waals surface area contributed by atoms with Crippen molar-refractivity contribution >= 4 is 21.8 Å². The largest absolute Gasteiger partial charge is 0.381 e. The molecule has 0 radical (unpaired) electrons. The molecular weight excluding hydrogens is 282 g/mol. The minimum absolute atomic E-state index is 0.0307. The van der Waals surface area contributed by atoms with Gasteiger partial charge < -0.3 is 10.1 Å². The third-order valence-electron chi connectivity index (χ3n) is 3.15. The Morgan fingerprint density at radius 1 is 1.53 bits per heavy atom. The Hall–Kier alpha value is -0.870. The fourth-order valence-corrected chi connectivity index (χ4v) is 2.46. The van der Waals surface area contributed by atoms with Crippen LogP contribution in [0.5, 0.6) is 0 Å². The molecule has 1 aliphatic rings. The zero-order chi connectivity index (χ0) is 12.3. The molecule has 1 aliphatic heterocycles. The Balaban J connectivity index is 1.99. The number of benzene rings is 1. The fraction of sp³-hybridized carbons (Fsp3) is 0.462. The van der Waals surface area contributed by atoms with Crippen LogP contribution in [-0.4, -0.2) is 25.2 Å². The first kappa shape index (κ1) is 12.6. The van der Waals surface area contributed by atoms with Crippen LogP contribution in [0.25, 0.3) is 0 Å². The van der Waals surface area contributed by atoms with E-state index in [1.165, 1.54) is 0 Å². The first-order chi connectivity index (χ1) is 8.18. The van der Waals surface area contributed by atoms with E-state index in [0.717, 1.165) is 24.1 Å². The van der Waals surface area contributed by atoms with Crippen LogP contribution in [0.15, 0.2) is 28.7 Å². The van der Waals surface area contributed by atoms with E-state index in [9.17, 15) is 4.79 Å². The Morgan fingerprint density at radius 3 is 2.94 bits per heavy atom. The van der Waals surface area contributed by atoms with Crippen molar-refractivity contribution in [1.29, 1.82) is 0 Å². The summed E-state index contributed by atoms with van der Waals surface area (Å²) in [6.07, 6.45) is 1.03. The van der Waals surface area contributed by atoms with Crippen molar-refractivity contribution in [2.75, 3.05) is 13.2 Å². The van der Waals surface area contributed by atoms with Gasteiger partial charge in [-0.05, 0) is 41.4 Å². The summed E-state index contributed by atoms with van der Waals surface area (Å²) >= 11 is 3.38. The number of rotatable bonds is 3. The molecule has 1 aromatic carbocycles. The average Bonchev–Trinajstić information content (AvgIpc) is 2.82. The second-order valence-corrected chi connectivity index (χ2v) is 5.22. The topological polar surface area (TPSA) is 38.3 Å². The summed E-state index contributed by atoms with van der Waals surface area (Å²) in [6.45, 7) is 3.59. The number of hydrogen-bond donors (Lipinski definition) is 1. The highest BCUT2D eigenvalue weighted by Crippen LogP contribution is 2.19. The summed E-state index contributed by atoms with van der Waals surface area (Å²) in [5.41, 5.74) is 0.679. The normalized spacial score (nSPS) is 21.2. The molecule has 1 amide bonds. The van der Waals surface area contributed by atoms with Crippen LogP contribution in [-0.2, 0) is 4.74 Å². The molecule has 2 rings (SSSR count). The molecule has 17 heavy (non-hydrogen) atoms. The van der Waals surface area contributed by atoms with Gasteiger partial charge in [-0.15, -0.1) is 0 Å². The first-order valence-electron chi connectivity index (χ1n) is 5.81. The summed E-state index contributed by atoms with van der Waals surface area (Å²) in [5.74, 6) is 0.401. The summed E-state index contributed by atoms with van der Waals surface area (Å²) in [5, 5.41) is 3.03. The molecule has 2 unspecified atom stereocenters. The second-order valence-electron chi connectivity index (χ2n) is 4.37. The lowest BCUT2D eigenvalue weighted by Crippen LogP contribution is -2.38. The number of amides is 1. The highest BCUT2D eigenvalue weighted by molar-refractivity contribution is 9.10. The van der Waals surface area contributed by atoms with Crippen LogP contribution in [0, 0.1) is 5.92 Å². The van der Waals surface area contributed by atoms with Crippen molar-refractivity contribution in [3.63, 3.8) is 0 Å². The molecule has 0 saturated carbocycles. The number of carbonyl (C=O) groups excluding carboxylic acids is 1. The molecule has 4 heteroatoms. The number of carbonyl (C=O) groups is 1. The molecule has 1 N–H and O–H groups in total. The van der Waals surface area contributed by atoms with E-state index in [0.29, 0.717) is 11.5 Å². The molecule has 2 atom stereocenters. The van der Waals surface area contributed by atoms with E-state index in [1.807, 2.05) is 31.2 Å². The molecule has 0 aromatic heterocycles. The SMILES string of the molecule is CC(NC(=O)c1ccccc1Br)C1CCOC1. The molecule has 1 heterocycles. The molecule has 3 nitrogen and oxygen atoms in total. The first-order valence-corrected chi connectivity index (χ1v) is 6.61. The van der Waals surface area contributed by atoms with Crippen molar-refractivity contribution in [3.8, 4) is 0 Å². The van der Waals surface area contributed by atoms with Gasteiger partial charge in [0.25, 0.3) is 5.91 Å². The Morgan fingerprint density at radius 2 is 2.29 bits per heavy atom. The van der Waals surface area contributed by atoms with Crippen LogP contribution in [0.4, 0.5) is 0 Å². The maximum absolute atomic E-state index is 12.1. The van der Waals surface area contributed by atoms with Gasteiger partial charge in [0.05, 0.1) is 12.2 Å². The predicted molar refractivity (Wildman–Crippen MR) is 70.0 cm³/mol. The maximum atomic E-state index is 12.1. The molecule has 1 fully saturated rings. The molecule has 92 valence electrons. The number of ether oxygens (including phenoxy) is 1.